The Morgan fingerprint density at radius 1 is 1.33 bits per heavy atom. The highest BCUT2D eigenvalue weighted by Gasteiger charge is 2.19. The fourth-order valence-corrected chi connectivity index (χ4v) is 1.86. The summed E-state index contributed by atoms with van der Waals surface area (Å²) < 4.78 is 0. The van der Waals surface area contributed by atoms with Crippen molar-refractivity contribution in [2.24, 2.45) is 0 Å². The number of hydrogen-bond donors (Lipinski definition) is 2. The summed E-state index contributed by atoms with van der Waals surface area (Å²) in [4.78, 5) is 11.2. The molecule has 0 bridgehead atoms. The van der Waals surface area contributed by atoms with E-state index in [1.807, 2.05) is 0 Å². The average molecular weight is 246 g/mol. The quantitative estimate of drug-likeness (QED) is 0.726. The van der Waals surface area contributed by atoms with Crippen LogP contribution in [0, 0.1) is 0 Å². The number of aliphatic carboxylic acids is 1. The van der Waals surface area contributed by atoms with Crippen molar-refractivity contribution in [2.75, 3.05) is 0 Å². The number of phenolic OH excluding ortho intramolecular Hbond substituents is 1. The maximum atomic E-state index is 11.2. The minimum atomic E-state index is -0.855. The van der Waals surface area contributed by atoms with Crippen LogP contribution >= 0.6 is 0 Å². The second-order valence-corrected chi connectivity index (χ2v) is 4.14. The van der Waals surface area contributed by atoms with Crippen molar-refractivity contribution in [3.8, 4) is 5.75 Å². The second kappa shape index (κ2) is 6.64. The minimum absolute atomic E-state index is 0.173. The zero-order chi connectivity index (χ0) is 13.5. The summed E-state index contributed by atoms with van der Waals surface area (Å²) in [5, 5.41) is 18.9. The third kappa shape index (κ3) is 3.48. The molecule has 1 unspecified atom stereocenters. The summed E-state index contributed by atoms with van der Waals surface area (Å²) in [5.41, 5.74) is 1.41. The van der Waals surface area contributed by atoms with Gasteiger partial charge in [0.1, 0.15) is 5.75 Å². The summed E-state index contributed by atoms with van der Waals surface area (Å²) in [6, 6.07) is 4.93. The molecule has 0 aliphatic heterocycles. The lowest BCUT2D eigenvalue weighted by molar-refractivity contribution is -0.138. The first-order valence-electron chi connectivity index (χ1n) is 5.86. The van der Waals surface area contributed by atoms with Gasteiger partial charge >= 0.3 is 5.97 Å². The normalized spacial score (nSPS) is 11.8. The number of carboxylic acid groups (broad SMARTS) is 1. The molecule has 96 valence electrons. The van der Waals surface area contributed by atoms with E-state index in [9.17, 15) is 15.0 Å². The molecule has 1 rings (SSSR count). The van der Waals surface area contributed by atoms with Crippen LogP contribution < -0.4 is 0 Å². The number of allylic oxidation sites excluding steroid dienone is 2. The van der Waals surface area contributed by atoms with Gasteiger partial charge in [0.05, 0.1) is 5.92 Å². The molecular weight excluding hydrogens is 228 g/mol. The topological polar surface area (TPSA) is 57.5 Å². The maximum absolute atomic E-state index is 11.2. The van der Waals surface area contributed by atoms with Gasteiger partial charge in [-0.05, 0) is 36.5 Å². The summed E-state index contributed by atoms with van der Waals surface area (Å²) in [6.07, 6.45) is 5.07. The molecule has 3 nitrogen and oxygen atoms in total. The van der Waals surface area contributed by atoms with Crippen molar-refractivity contribution in [1.29, 1.82) is 0 Å². The molecule has 0 spiro atoms. The lowest BCUT2D eigenvalue weighted by Gasteiger charge is -2.13. The summed E-state index contributed by atoms with van der Waals surface area (Å²) in [5.74, 6) is -1.24. The van der Waals surface area contributed by atoms with Gasteiger partial charge in [0.2, 0.25) is 0 Å². The van der Waals surface area contributed by atoms with E-state index in [1.165, 1.54) is 6.07 Å². The summed E-state index contributed by atoms with van der Waals surface area (Å²) in [7, 11) is 0. The van der Waals surface area contributed by atoms with Gasteiger partial charge in [-0.3, -0.25) is 4.79 Å². The largest absolute Gasteiger partial charge is 0.508 e. The number of benzene rings is 1. The van der Waals surface area contributed by atoms with E-state index < -0.39 is 11.9 Å². The van der Waals surface area contributed by atoms with E-state index in [0.717, 1.165) is 0 Å². The lowest BCUT2D eigenvalue weighted by atomic mass is 9.92. The first-order valence-corrected chi connectivity index (χ1v) is 5.86. The van der Waals surface area contributed by atoms with Crippen molar-refractivity contribution in [2.45, 2.75) is 25.2 Å². The molecule has 0 amide bonds. The van der Waals surface area contributed by atoms with Crippen LogP contribution in [0.5, 0.6) is 5.75 Å². The standard InChI is InChI=1S/C15H18O3/c1-3-5-7-13(15(17)18)11-8-9-14(16)12(10-11)6-4-2/h3-4,8-10,13,16H,1-2,5-7H2,(H,17,18). The first kappa shape index (κ1) is 14.0. The van der Waals surface area contributed by atoms with E-state index in [-0.39, 0.29) is 5.75 Å². The SMILES string of the molecule is C=CCCC(C(=O)O)c1ccc(O)c(CC=C)c1. The van der Waals surface area contributed by atoms with Crippen molar-refractivity contribution in [3.05, 3.63) is 54.6 Å². The molecule has 18 heavy (non-hydrogen) atoms. The molecule has 0 heterocycles. The number of aromatic hydroxyl groups is 1. The van der Waals surface area contributed by atoms with Crippen molar-refractivity contribution in [1.82, 2.24) is 0 Å². The van der Waals surface area contributed by atoms with E-state index in [1.54, 1.807) is 24.3 Å². The van der Waals surface area contributed by atoms with Crippen LogP contribution in [0.2, 0.25) is 0 Å². The highest BCUT2D eigenvalue weighted by Crippen LogP contribution is 2.27. The smallest absolute Gasteiger partial charge is 0.310 e. The number of carboxylic acids is 1. The third-order valence-corrected chi connectivity index (χ3v) is 2.83. The monoisotopic (exact) mass is 246 g/mol. The predicted octanol–water partition coefficient (Wildman–Crippen LogP) is 3.26. The van der Waals surface area contributed by atoms with Crippen LogP contribution in [0.4, 0.5) is 0 Å². The molecule has 0 aliphatic carbocycles. The summed E-state index contributed by atoms with van der Waals surface area (Å²) in [6.45, 7) is 7.22. The van der Waals surface area contributed by atoms with Crippen LogP contribution in [0.1, 0.15) is 29.9 Å². The molecule has 0 aliphatic rings. The molecule has 1 atom stereocenters. The Bertz CT molecular complexity index is 449. The highest BCUT2D eigenvalue weighted by molar-refractivity contribution is 5.76. The van der Waals surface area contributed by atoms with E-state index >= 15 is 0 Å². The molecule has 0 fully saturated rings. The van der Waals surface area contributed by atoms with Crippen molar-refractivity contribution in [3.63, 3.8) is 0 Å². The molecular formula is C15H18O3. The number of carbonyl (C=O) groups is 1. The Morgan fingerprint density at radius 3 is 2.61 bits per heavy atom. The Kier molecular flexibility index (Phi) is 5.18. The fraction of sp³-hybridized carbons (Fsp3) is 0.267. The molecule has 0 aromatic heterocycles. The van der Waals surface area contributed by atoms with Crippen LogP contribution in [0.25, 0.3) is 0 Å². The van der Waals surface area contributed by atoms with Crippen LogP contribution in [-0.2, 0) is 11.2 Å². The predicted molar refractivity (Wildman–Crippen MR) is 71.8 cm³/mol. The van der Waals surface area contributed by atoms with Gasteiger partial charge in [-0.25, -0.2) is 0 Å². The van der Waals surface area contributed by atoms with Gasteiger partial charge in [0.25, 0.3) is 0 Å². The van der Waals surface area contributed by atoms with Crippen LogP contribution in [0.3, 0.4) is 0 Å². The Balaban J connectivity index is 3.04. The van der Waals surface area contributed by atoms with Gasteiger partial charge in [-0.1, -0.05) is 24.3 Å². The van der Waals surface area contributed by atoms with E-state index in [0.29, 0.717) is 30.4 Å². The van der Waals surface area contributed by atoms with E-state index in [4.69, 9.17) is 0 Å². The average Bonchev–Trinajstić information content (AvgIpc) is 2.33. The molecule has 1 aromatic carbocycles. The number of phenols is 1. The maximum Gasteiger partial charge on any atom is 0.310 e. The van der Waals surface area contributed by atoms with Gasteiger partial charge in [0, 0.05) is 0 Å². The van der Waals surface area contributed by atoms with Gasteiger partial charge in [-0.2, -0.15) is 0 Å². The van der Waals surface area contributed by atoms with Crippen molar-refractivity contribution < 1.29 is 15.0 Å². The molecule has 0 radical (unpaired) electrons. The molecule has 2 N–H and O–H groups in total. The van der Waals surface area contributed by atoms with Crippen molar-refractivity contribution >= 4 is 5.97 Å². The number of rotatable bonds is 7. The van der Waals surface area contributed by atoms with E-state index in [2.05, 4.69) is 13.2 Å². The Labute approximate surface area is 107 Å². The number of hydrogen-bond acceptors (Lipinski definition) is 2. The van der Waals surface area contributed by atoms with Gasteiger partial charge in [0.15, 0.2) is 0 Å². The zero-order valence-corrected chi connectivity index (χ0v) is 10.3. The van der Waals surface area contributed by atoms with Crippen LogP contribution in [0.15, 0.2) is 43.5 Å². The molecule has 0 saturated carbocycles. The summed E-state index contributed by atoms with van der Waals surface area (Å²) >= 11 is 0. The second-order valence-electron chi connectivity index (χ2n) is 4.14. The fourth-order valence-electron chi connectivity index (χ4n) is 1.86. The minimum Gasteiger partial charge on any atom is -0.508 e. The Hall–Kier alpha value is -2.03. The Morgan fingerprint density at radius 2 is 2.06 bits per heavy atom. The van der Waals surface area contributed by atoms with Gasteiger partial charge < -0.3 is 10.2 Å². The third-order valence-electron chi connectivity index (χ3n) is 2.83. The highest BCUT2D eigenvalue weighted by atomic mass is 16.4. The molecule has 3 heteroatoms. The van der Waals surface area contributed by atoms with Gasteiger partial charge in [-0.15, -0.1) is 13.2 Å². The molecule has 0 saturated heterocycles. The lowest BCUT2D eigenvalue weighted by Crippen LogP contribution is -2.11. The van der Waals surface area contributed by atoms with Crippen LogP contribution in [-0.4, -0.2) is 16.2 Å². The first-order chi connectivity index (χ1) is 8.60. The molecule has 1 aromatic rings. The zero-order valence-electron chi connectivity index (χ0n) is 10.3.